The van der Waals surface area contributed by atoms with E-state index in [0.29, 0.717) is 12.1 Å². The molecule has 0 aliphatic heterocycles. The zero-order chi connectivity index (χ0) is 29.2. The summed E-state index contributed by atoms with van der Waals surface area (Å²) in [6, 6.07) is 21.2. The number of benzene rings is 3. The molecule has 9 heteroatoms. The monoisotopic (exact) mass is 573 g/mol. The molecule has 1 aromatic heterocycles. The van der Waals surface area contributed by atoms with Crippen LogP contribution < -0.4 is 19.7 Å². The van der Waals surface area contributed by atoms with Gasteiger partial charge in [0.1, 0.15) is 17.5 Å². The Morgan fingerprint density at radius 2 is 1.76 bits per heavy atom. The Morgan fingerprint density at radius 1 is 1.00 bits per heavy atom. The normalized spacial score (nSPS) is 11.5. The van der Waals surface area contributed by atoms with Crippen molar-refractivity contribution in [2.45, 2.75) is 38.8 Å². The smallest absolute Gasteiger partial charge is 0.326 e. The third-order valence-corrected chi connectivity index (χ3v) is 7.60. The maximum atomic E-state index is 12.9. The fourth-order valence-corrected chi connectivity index (χ4v) is 5.26. The first-order chi connectivity index (χ1) is 19.9. The number of hydrogen-bond acceptors (Lipinski definition) is 7. The number of hydrogen-bond donors (Lipinski definition) is 2. The number of aliphatic carboxylic acids is 1. The fraction of sp³-hybridized carbons (Fsp3) is 0.281. The number of rotatable bonds is 14. The van der Waals surface area contributed by atoms with Crippen molar-refractivity contribution in [1.29, 1.82) is 0 Å². The van der Waals surface area contributed by atoms with Crippen molar-refractivity contribution < 1.29 is 24.2 Å². The summed E-state index contributed by atoms with van der Waals surface area (Å²) in [5, 5.41) is 15.2. The van der Waals surface area contributed by atoms with Crippen LogP contribution in [-0.2, 0) is 17.8 Å². The van der Waals surface area contributed by atoms with Crippen LogP contribution in [0.2, 0.25) is 0 Å². The number of carboxylic acid groups (broad SMARTS) is 1. The van der Waals surface area contributed by atoms with Crippen LogP contribution in [0.15, 0.2) is 78.2 Å². The van der Waals surface area contributed by atoms with Crippen LogP contribution in [-0.4, -0.2) is 48.8 Å². The fourth-order valence-electron chi connectivity index (χ4n) is 4.41. The second-order valence-corrected chi connectivity index (χ2v) is 10.4. The maximum absolute atomic E-state index is 12.9. The summed E-state index contributed by atoms with van der Waals surface area (Å²) in [5.74, 6) is -0.0260. The number of thiazole rings is 1. The van der Waals surface area contributed by atoms with Crippen molar-refractivity contribution in [3.05, 3.63) is 94.9 Å². The van der Waals surface area contributed by atoms with Crippen LogP contribution in [0.5, 0.6) is 11.5 Å². The van der Waals surface area contributed by atoms with E-state index < -0.39 is 17.9 Å². The standard InChI is InChI=1S/C32H35N3O5S/c1-4-5-17-35(32-34-28(21-41-32)26-19-25(39-2)15-16-29(26)40-3)20-23-11-13-24(14-12-23)30(36)33-27(31(37)38)18-22-9-7-6-8-10-22/h6-16,19,21,27H,4-5,17-18,20H2,1-3H3,(H,33,36)(H,37,38). The van der Waals surface area contributed by atoms with Gasteiger partial charge in [0.05, 0.1) is 19.9 Å². The Morgan fingerprint density at radius 3 is 2.41 bits per heavy atom. The summed E-state index contributed by atoms with van der Waals surface area (Å²) < 4.78 is 11.0. The second kappa shape index (κ2) is 14.3. The zero-order valence-corrected chi connectivity index (χ0v) is 24.3. The van der Waals surface area contributed by atoms with Gasteiger partial charge in [0.2, 0.25) is 0 Å². The van der Waals surface area contributed by atoms with Crippen LogP contribution >= 0.6 is 11.3 Å². The summed E-state index contributed by atoms with van der Waals surface area (Å²) in [5.41, 5.74) is 3.96. The highest BCUT2D eigenvalue weighted by Gasteiger charge is 2.21. The molecule has 1 atom stereocenters. The topological polar surface area (TPSA) is 101 Å². The van der Waals surface area contributed by atoms with E-state index >= 15 is 0 Å². The van der Waals surface area contributed by atoms with E-state index in [1.54, 1.807) is 37.7 Å². The Bertz CT molecular complexity index is 1440. The minimum Gasteiger partial charge on any atom is -0.497 e. The number of carbonyl (C=O) groups excluding carboxylic acids is 1. The summed E-state index contributed by atoms with van der Waals surface area (Å²) in [4.78, 5) is 31.8. The lowest BCUT2D eigenvalue weighted by Crippen LogP contribution is -2.42. The molecule has 3 aromatic carbocycles. The van der Waals surface area contributed by atoms with Crippen molar-refractivity contribution in [2.75, 3.05) is 25.7 Å². The van der Waals surface area contributed by atoms with Gasteiger partial charge in [0.25, 0.3) is 5.91 Å². The number of anilines is 1. The predicted octanol–water partition coefficient (Wildman–Crippen LogP) is 6.06. The number of carbonyl (C=O) groups is 2. The van der Waals surface area contributed by atoms with Gasteiger partial charge in [0.15, 0.2) is 5.13 Å². The Hall–Kier alpha value is -4.37. The van der Waals surface area contributed by atoms with Crippen molar-refractivity contribution in [3.8, 4) is 22.8 Å². The summed E-state index contributed by atoms with van der Waals surface area (Å²) >= 11 is 1.57. The zero-order valence-electron chi connectivity index (χ0n) is 23.5. The van der Waals surface area contributed by atoms with Gasteiger partial charge in [-0.25, -0.2) is 9.78 Å². The van der Waals surface area contributed by atoms with Gasteiger partial charge < -0.3 is 24.8 Å². The molecule has 0 aliphatic rings. The molecule has 0 radical (unpaired) electrons. The number of aromatic nitrogens is 1. The molecule has 0 fully saturated rings. The Balaban J connectivity index is 1.47. The SMILES string of the molecule is CCCCN(Cc1ccc(C(=O)NC(Cc2ccccc2)C(=O)O)cc1)c1nc(-c2cc(OC)ccc2OC)cs1. The lowest BCUT2D eigenvalue weighted by atomic mass is 10.1. The van der Waals surface area contributed by atoms with Gasteiger partial charge in [-0.15, -0.1) is 11.3 Å². The van der Waals surface area contributed by atoms with Gasteiger partial charge >= 0.3 is 5.97 Å². The largest absolute Gasteiger partial charge is 0.497 e. The molecule has 4 aromatic rings. The minimum absolute atomic E-state index is 0.212. The van der Waals surface area contributed by atoms with Crippen LogP contribution in [0.4, 0.5) is 5.13 Å². The molecule has 0 bridgehead atoms. The molecule has 0 saturated carbocycles. The van der Waals surface area contributed by atoms with E-state index in [4.69, 9.17) is 14.5 Å². The number of unbranched alkanes of at least 4 members (excludes halogenated alkanes) is 1. The molecule has 4 rings (SSSR count). The first kappa shape index (κ1) is 29.6. The number of nitrogens with one attached hydrogen (secondary N) is 1. The molecule has 214 valence electrons. The van der Waals surface area contributed by atoms with Crippen LogP contribution in [0.1, 0.15) is 41.3 Å². The van der Waals surface area contributed by atoms with Crippen LogP contribution in [0, 0.1) is 0 Å². The minimum atomic E-state index is -1.07. The summed E-state index contributed by atoms with van der Waals surface area (Å²) in [6.45, 7) is 3.61. The highest BCUT2D eigenvalue weighted by atomic mass is 32.1. The van der Waals surface area contributed by atoms with Crippen molar-refractivity contribution in [2.24, 2.45) is 0 Å². The van der Waals surface area contributed by atoms with Gasteiger partial charge in [0, 0.05) is 36.0 Å². The van der Waals surface area contributed by atoms with E-state index in [1.165, 1.54) is 0 Å². The summed E-state index contributed by atoms with van der Waals surface area (Å²) in [6.07, 6.45) is 2.27. The average Bonchev–Trinajstić information content (AvgIpc) is 3.49. The maximum Gasteiger partial charge on any atom is 0.326 e. The molecule has 41 heavy (non-hydrogen) atoms. The van der Waals surface area contributed by atoms with E-state index in [1.807, 2.05) is 66.0 Å². The summed E-state index contributed by atoms with van der Waals surface area (Å²) in [7, 11) is 3.27. The van der Waals surface area contributed by atoms with Crippen molar-refractivity contribution >= 4 is 28.3 Å². The molecule has 1 amide bonds. The molecule has 8 nitrogen and oxygen atoms in total. The first-order valence-corrected chi connectivity index (χ1v) is 14.4. The lowest BCUT2D eigenvalue weighted by Gasteiger charge is -2.22. The molecule has 1 unspecified atom stereocenters. The third kappa shape index (κ3) is 7.85. The molecular formula is C32H35N3O5S. The van der Waals surface area contributed by atoms with Gasteiger partial charge in [-0.2, -0.15) is 0 Å². The van der Waals surface area contributed by atoms with Crippen molar-refractivity contribution in [1.82, 2.24) is 10.3 Å². The van der Waals surface area contributed by atoms with E-state index in [0.717, 1.165) is 58.4 Å². The average molecular weight is 574 g/mol. The quantitative estimate of drug-likeness (QED) is 0.189. The second-order valence-electron chi connectivity index (χ2n) is 9.61. The van der Waals surface area contributed by atoms with E-state index in [-0.39, 0.29) is 6.42 Å². The van der Waals surface area contributed by atoms with E-state index in [9.17, 15) is 14.7 Å². The van der Waals surface area contributed by atoms with Gasteiger partial charge in [-0.1, -0.05) is 55.8 Å². The van der Waals surface area contributed by atoms with Crippen LogP contribution in [0.3, 0.4) is 0 Å². The predicted molar refractivity (Wildman–Crippen MR) is 162 cm³/mol. The lowest BCUT2D eigenvalue weighted by molar-refractivity contribution is -0.139. The number of amides is 1. The molecular weight excluding hydrogens is 538 g/mol. The van der Waals surface area contributed by atoms with Crippen LogP contribution in [0.25, 0.3) is 11.3 Å². The molecule has 0 saturated heterocycles. The number of nitrogens with zero attached hydrogens (tertiary/aromatic N) is 2. The Kier molecular flexibility index (Phi) is 10.3. The molecule has 2 N–H and O–H groups in total. The highest BCUT2D eigenvalue weighted by molar-refractivity contribution is 7.14. The molecule has 0 aliphatic carbocycles. The number of ether oxygens (including phenoxy) is 2. The van der Waals surface area contributed by atoms with E-state index in [2.05, 4.69) is 17.1 Å². The molecule has 0 spiro atoms. The highest BCUT2D eigenvalue weighted by Crippen LogP contribution is 2.36. The third-order valence-electron chi connectivity index (χ3n) is 6.70. The number of carboxylic acids is 1. The van der Waals surface area contributed by atoms with Gasteiger partial charge in [-0.05, 0) is 47.9 Å². The van der Waals surface area contributed by atoms with Crippen molar-refractivity contribution in [3.63, 3.8) is 0 Å². The Labute approximate surface area is 244 Å². The number of methoxy groups -OCH3 is 2. The first-order valence-electron chi connectivity index (χ1n) is 13.5. The molecule has 1 heterocycles. The van der Waals surface area contributed by atoms with Gasteiger partial charge in [-0.3, -0.25) is 4.79 Å².